The first-order chi connectivity index (χ1) is 16.5. The Hall–Kier alpha value is -3.33. The van der Waals surface area contributed by atoms with Crippen molar-refractivity contribution < 1.29 is 45.3 Å². The highest BCUT2D eigenvalue weighted by Crippen LogP contribution is 2.48. The van der Waals surface area contributed by atoms with Crippen molar-refractivity contribution in [3.63, 3.8) is 0 Å². The largest absolute Gasteiger partial charge is 0.470 e. The van der Waals surface area contributed by atoms with E-state index in [-0.39, 0.29) is 42.0 Å². The van der Waals surface area contributed by atoms with Crippen LogP contribution in [0.3, 0.4) is 0 Å². The predicted octanol–water partition coefficient (Wildman–Crippen LogP) is 2.85. The molecule has 0 saturated carbocycles. The third-order valence-corrected chi connectivity index (χ3v) is 5.40. The Bertz CT molecular complexity index is 1160. The second-order valence-corrected chi connectivity index (χ2v) is 7.80. The predicted molar refractivity (Wildman–Crippen MR) is 114 cm³/mol. The summed E-state index contributed by atoms with van der Waals surface area (Å²) in [6, 6.07) is 3.01. The maximum absolute atomic E-state index is 15.5. The van der Waals surface area contributed by atoms with Crippen LogP contribution in [0.4, 0.5) is 32.0 Å². The minimum Gasteiger partial charge on any atom is -0.470 e. The van der Waals surface area contributed by atoms with Crippen molar-refractivity contribution in [2.75, 3.05) is 31.7 Å². The van der Waals surface area contributed by atoms with Crippen LogP contribution in [0.5, 0.6) is 5.88 Å². The van der Waals surface area contributed by atoms with Crippen LogP contribution in [0.1, 0.15) is 16.1 Å². The molecule has 36 heavy (non-hydrogen) atoms. The Balaban J connectivity index is 0.00000361. The summed E-state index contributed by atoms with van der Waals surface area (Å²) in [5, 5.41) is 2.41. The normalized spacial score (nSPS) is 23.2. The maximum atomic E-state index is 15.5. The number of aromatic nitrogens is 2. The minimum absolute atomic E-state index is 0. The van der Waals surface area contributed by atoms with E-state index in [0.29, 0.717) is 0 Å². The summed E-state index contributed by atoms with van der Waals surface area (Å²) in [5.41, 5.74) is 1.06. The highest BCUT2D eigenvalue weighted by atomic mass is 35.5. The summed E-state index contributed by atoms with van der Waals surface area (Å²) < 4.78 is 95.2. The van der Waals surface area contributed by atoms with Crippen LogP contribution < -0.4 is 15.8 Å². The Morgan fingerprint density at radius 2 is 1.97 bits per heavy atom. The number of carbonyl (C=O) groups excluding carboxylic acids is 1. The first-order valence-corrected chi connectivity index (χ1v) is 9.93. The molecule has 2 atom stereocenters. The number of amidine groups is 1. The van der Waals surface area contributed by atoms with E-state index in [4.69, 9.17) is 15.2 Å². The highest BCUT2D eigenvalue weighted by molar-refractivity contribution is 6.02. The van der Waals surface area contributed by atoms with Gasteiger partial charge < -0.3 is 25.3 Å². The molecule has 0 unspecified atom stereocenters. The van der Waals surface area contributed by atoms with Crippen molar-refractivity contribution in [3.8, 4) is 5.88 Å². The molecule has 0 radical (unpaired) electrons. The van der Waals surface area contributed by atoms with Gasteiger partial charge in [0.1, 0.15) is 18.1 Å². The molecule has 2 aromatic rings. The lowest BCUT2D eigenvalue weighted by Crippen LogP contribution is -2.55. The standard InChI is InChI=1S/C20H17F6N5O4.ClH/c21-12-2-1-10(3-11(12)19-8-33-6-18(19,24)7-35-17(27)31-19)30-15(32)13-4-29-14(5-28-13)34-9-20(25,26)16(22)23;/h1-5,16H,6-9H2,(H2,27,31)(H,30,32);1H/t18-,19-;/m1./s1. The van der Waals surface area contributed by atoms with Gasteiger partial charge in [-0.05, 0) is 18.2 Å². The summed E-state index contributed by atoms with van der Waals surface area (Å²) in [5.74, 6) is -6.57. The Labute approximate surface area is 205 Å². The van der Waals surface area contributed by atoms with Gasteiger partial charge in [0.2, 0.25) is 5.88 Å². The number of carbonyl (C=O) groups is 1. The zero-order valence-electron chi connectivity index (χ0n) is 18.0. The van der Waals surface area contributed by atoms with E-state index < -0.39 is 61.0 Å². The molecule has 2 aliphatic rings. The van der Waals surface area contributed by atoms with Crippen LogP contribution in [-0.2, 0) is 15.0 Å². The molecule has 4 rings (SSSR count). The molecule has 196 valence electrons. The number of nitrogens with two attached hydrogens (primary N) is 1. The van der Waals surface area contributed by atoms with Crippen LogP contribution >= 0.6 is 12.4 Å². The van der Waals surface area contributed by atoms with Crippen LogP contribution in [-0.4, -0.2) is 66.3 Å². The molecule has 3 N–H and O–H groups in total. The molecule has 16 heteroatoms. The molecule has 1 saturated heterocycles. The Morgan fingerprint density at radius 3 is 2.64 bits per heavy atom. The summed E-state index contributed by atoms with van der Waals surface area (Å²) in [7, 11) is 0. The van der Waals surface area contributed by atoms with E-state index in [1.54, 1.807) is 0 Å². The lowest BCUT2D eigenvalue weighted by molar-refractivity contribution is -0.148. The van der Waals surface area contributed by atoms with Crippen molar-refractivity contribution in [2.45, 2.75) is 23.6 Å². The van der Waals surface area contributed by atoms with Crippen molar-refractivity contribution >= 4 is 30.0 Å². The third kappa shape index (κ3) is 4.97. The van der Waals surface area contributed by atoms with Crippen LogP contribution in [0.25, 0.3) is 0 Å². The number of hydrogen-bond donors (Lipinski definition) is 2. The van der Waals surface area contributed by atoms with Crippen molar-refractivity contribution in [1.29, 1.82) is 0 Å². The first-order valence-electron chi connectivity index (χ1n) is 9.93. The van der Waals surface area contributed by atoms with Gasteiger partial charge in [-0.15, -0.1) is 12.4 Å². The van der Waals surface area contributed by atoms with E-state index in [1.165, 1.54) is 6.07 Å². The topological polar surface area (TPSA) is 121 Å². The number of hydrogen-bond acceptors (Lipinski definition) is 8. The van der Waals surface area contributed by atoms with Crippen molar-refractivity contribution in [3.05, 3.63) is 47.7 Å². The molecule has 0 aliphatic carbocycles. The number of anilines is 1. The number of alkyl halides is 5. The average molecular weight is 542 g/mol. The number of amides is 1. The summed E-state index contributed by atoms with van der Waals surface area (Å²) >= 11 is 0. The molecule has 1 aromatic carbocycles. The van der Waals surface area contributed by atoms with Crippen LogP contribution in [0, 0.1) is 5.82 Å². The third-order valence-electron chi connectivity index (χ3n) is 5.40. The second-order valence-electron chi connectivity index (χ2n) is 7.80. The number of halogens is 7. The number of aliphatic imine (C=N–C) groups is 1. The fraction of sp³-hybridized carbons (Fsp3) is 0.400. The summed E-state index contributed by atoms with van der Waals surface area (Å²) in [4.78, 5) is 23.8. The molecule has 1 amide bonds. The molecule has 2 aliphatic heterocycles. The SMILES string of the molecule is Cl.NC1=N[C@@]2(c3cc(NC(=O)c4cnc(OCC(F)(F)C(F)F)cn4)ccc3F)COC[C@@]2(F)CO1. The Morgan fingerprint density at radius 1 is 1.22 bits per heavy atom. The summed E-state index contributed by atoms with van der Waals surface area (Å²) in [6.45, 7) is -2.87. The second kappa shape index (κ2) is 9.97. The van der Waals surface area contributed by atoms with Gasteiger partial charge in [-0.2, -0.15) is 8.78 Å². The fourth-order valence-electron chi connectivity index (χ4n) is 3.55. The smallest absolute Gasteiger partial charge is 0.340 e. The van der Waals surface area contributed by atoms with Crippen molar-refractivity contribution in [2.24, 2.45) is 10.7 Å². The van der Waals surface area contributed by atoms with Gasteiger partial charge in [-0.25, -0.2) is 32.5 Å². The zero-order chi connectivity index (χ0) is 25.4. The molecule has 1 fully saturated rings. The minimum atomic E-state index is -4.39. The number of fused-ring (bicyclic) bond motifs is 1. The molecule has 1 aromatic heterocycles. The van der Waals surface area contributed by atoms with E-state index in [9.17, 15) is 26.7 Å². The first kappa shape index (κ1) is 27.3. The van der Waals surface area contributed by atoms with Gasteiger partial charge in [0, 0.05) is 11.3 Å². The van der Waals surface area contributed by atoms with E-state index >= 15 is 4.39 Å². The highest BCUT2D eigenvalue weighted by Gasteiger charge is 2.62. The molecule has 0 bridgehead atoms. The number of nitrogens with one attached hydrogen (secondary N) is 1. The monoisotopic (exact) mass is 541 g/mol. The van der Waals surface area contributed by atoms with Crippen LogP contribution in [0.15, 0.2) is 35.6 Å². The quantitative estimate of drug-likeness (QED) is 0.517. The fourth-order valence-corrected chi connectivity index (χ4v) is 3.55. The van der Waals surface area contributed by atoms with Gasteiger partial charge in [0.05, 0.1) is 25.6 Å². The lowest BCUT2D eigenvalue weighted by atomic mass is 9.78. The number of nitrogens with zero attached hydrogens (tertiary/aromatic N) is 3. The van der Waals surface area contributed by atoms with Crippen molar-refractivity contribution in [1.82, 2.24) is 9.97 Å². The molecule has 0 spiro atoms. The Kier molecular flexibility index (Phi) is 7.55. The van der Waals surface area contributed by atoms with Gasteiger partial charge in [-0.1, -0.05) is 0 Å². The number of benzene rings is 1. The maximum Gasteiger partial charge on any atom is 0.340 e. The van der Waals surface area contributed by atoms with E-state index in [1.807, 2.05) is 0 Å². The lowest BCUT2D eigenvalue weighted by Gasteiger charge is -2.38. The molecule has 3 heterocycles. The van der Waals surface area contributed by atoms with Crippen LogP contribution in [0.2, 0.25) is 0 Å². The molecular formula is C20H18ClF6N5O4. The van der Waals surface area contributed by atoms with Gasteiger partial charge in [0.25, 0.3) is 11.9 Å². The molecular weight excluding hydrogens is 524 g/mol. The molecule has 9 nitrogen and oxygen atoms in total. The van der Waals surface area contributed by atoms with Gasteiger partial charge >= 0.3 is 12.3 Å². The number of rotatable bonds is 7. The average Bonchev–Trinajstić information content (AvgIpc) is 3.16. The van der Waals surface area contributed by atoms with Gasteiger partial charge in [-0.3, -0.25) is 4.79 Å². The zero-order valence-corrected chi connectivity index (χ0v) is 18.8. The van der Waals surface area contributed by atoms with E-state index in [0.717, 1.165) is 24.5 Å². The van der Waals surface area contributed by atoms with E-state index in [2.05, 4.69) is 25.0 Å². The number of ether oxygens (including phenoxy) is 3. The summed E-state index contributed by atoms with van der Waals surface area (Å²) in [6.07, 6.45) is -2.28. The van der Waals surface area contributed by atoms with Gasteiger partial charge in [0.15, 0.2) is 17.8 Å².